The van der Waals surface area contributed by atoms with Gasteiger partial charge in [0.1, 0.15) is 13.2 Å². The summed E-state index contributed by atoms with van der Waals surface area (Å²) in [6, 6.07) is 16.6. The molecule has 3 heteroatoms. The van der Waals surface area contributed by atoms with E-state index in [1.807, 2.05) is 24.3 Å². The van der Waals surface area contributed by atoms with Crippen molar-refractivity contribution in [2.75, 3.05) is 20.2 Å². The van der Waals surface area contributed by atoms with Gasteiger partial charge in [0.05, 0.1) is 20.2 Å². The summed E-state index contributed by atoms with van der Waals surface area (Å²) in [4.78, 5) is 1.67. The van der Waals surface area contributed by atoms with Gasteiger partial charge in [0, 0.05) is 17.4 Å². The van der Waals surface area contributed by atoms with Gasteiger partial charge in [0.2, 0.25) is 0 Å². The quantitative estimate of drug-likeness (QED) is 0.872. The van der Waals surface area contributed by atoms with Crippen molar-refractivity contribution >= 4 is 0 Å². The number of methoxy groups -OCH3 is 1. The third kappa shape index (κ3) is 4.99. The molecule has 25 heavy (non-hydrogen) atoms. The molecule has 1 saturated heterocycles. The van der Waals surface area contributed by atoms with Gasteiger partial charge in [-0.05, 0) is 30.2 Å². The van der Waals surface area contributed by atoms with Crippen LogP contribution in [0.4, 0.5) is 0 Å². The minimum absolute atomic E-state index is 0.561. The van der Waals surface area contributed by atoms with Gasteiger partial charge in [-0.25, -0.2) is 0 Å². The molecule has 1 N–H and O–H groups in total. The Kier molecular flexibility index (Phi) is 5.98. The first-order valence-corrected chi connectivity index (χ1v) is 9.31. The number of hydrogen-bond acceptors (Lipinski definition) is 2. The van der Waals surface area contributed by atoms with Gasteiger partial charge >= 0.3 is 0 Å². The first-order chi connectivity index (χ1) is 12.1. The molecule has 2 aromatic rings. The number of rotatable bonds is 6. The molecule has 0 saturated carbocycles. The van der Waals surface area contributed by atoms with Gasteiger partial charge < -0.3 is 14.4 Å². The minimum Gasteiger partial charge on any atom is -0.493 e. The average molecular weight is 340 g/mol. The van der Waals surface area contributed by atoms with Gasteiger partial charge in [-0.2, -0.15) is 0 Å². The Morgan fingerprint density at radius 2 is 1.64 bits per heavy atom. The molecular formula is C22H30NO2+. The maximum Gasteiger partial charge on any atom is 0.162 e. The molecule has 0 bridgehead atoms. The fraction of sp³-hybridized carbons (Fsp3) is 0.455. The Morgan fingerprint density at radius 1 is 0.920 bits per heavy atom. The zero-order chi connectivity index (χ0) is 17.6. The van der Waals surface area contributed by atoms with Gasteiger partial charge in [-0.15, -0.1) is 0 Å². The average Bonchev–Trinajstić information content (AvgIpc) is 2.60. The summed E-state index contributed by atoms with van der Waals surface area (Å²) >= 11 is 0. The van der Waals surface area contributed by atoms with E-state index in [-0.39, 0.29) is 0 Å². The highest BCUT2D eigenvalue weighted by Gasteiger charge is 2.25. The predicted octanol–water partition coefficient (Wildman–Crippen LogP) is 3.34. The number of quaternary nitrogens is 1. The van der Waals surface area contributed by atoms with Crippen LogP contribution in [0.2, 0.25) is 0 Å². The lowest BCUT2D eigenvalue weighted by atomic mass is 9.91. The molecule has 1 heterocycles. The number of likely N-dealkylation sites (tertiary alicyclic amines) is 1. The summed E-state index contributed by atoms with van der Waals surface area (Å²) in [6.07, 6.45) is 1.36. The van der Waals surface area contributed by atoms with E-state index in [4.69, 9.17) is 9.47 Å². The SMILES string of the molecule is COc1ccc(C[NH+]2C[C@@H](C)C[C@H](C)C2)cc1OCc1ccccc1. The highest BCUT2D eigenvalue weighted by atomic mass is 16.5. The molecule has 3 rings (SSSR count). The van der Waals surface area contributed by atoms with E-state index in [0.717, 1.165) is 29.9 Å². The van der Waals surface area contributed by atoms with Crippen LogP contribution in [-0.2, 0) is 13.2 Å². The summed E-state index contributed by atoms with van der Waals surface area (Å²) in [6.45, 7) is 8.88. The molecule has 0 spiro atoms. The minimum atomic E-state index is 0.561. The Hall–Kier alpha value is -2.00. The van der Waals surface area contributed by atoms with Crippen molar-refractivity contribution in [1.29, 1.82) is 0 Å². The molecule has 1 fully saturated rings. The van der Waals surface area contributed by atoms with Gasteiger partial charge in [0.15, 0.2) is 11.5 Å². The fourth-order valence-electron chi connectivity index (χ4n) is 4.03. The molecule has 0 unspecified atom stereocenters. The zero-order valence-electron chi connectivity index (χ0n) is 15.6. The van der Waals surface area contributed by atoms with E-state index in [9.17, 15) is 0 Å². The Morgan fingerprint density at radius 3 is 2.32 bits per heavy atom. The van der Waals surface area contributed by atoms with Crippen molar-refractivity contribution < 1.29 is 14.4 Å². The second-order valence-corrected chi connectivity index (χ2v) is 7.54. The predicted molar refractivity (Wildman–Crippen MR) is 101 cm³/mol. The summed E-state index contributed by atoms with van der Waals surface area (Å²) in [5.41, 5.74) is 2.49. The monoisotopic (exact) mass is 340 g/mol. The van der Waals surface area contributed by atoms with Crippen LogP contribution in [0.1, 0.15) is 31.4 Å². The number of benzene rings is 2. The number of hydrogen-bond donors (Lipinski definition) is 1. The van der Waals surface area contributed by atoms with E-state index in [1.165, 1.54) is 30.6 Å². The molecule has 0 radical (unpaired) electrons. The molecular weight excluding hydrogens is 310 g/mol. The normalized spacial score (nSPS) is 23.2. The van der Waals surface area contributed by atoms with Crippen LogP contribution in [-0.4, -0.2) is 20.2 Å². The number of nitrogens with one attached hydrogen (secondary N) is 1. The summed E-state index contributed by atoms with van der Waals surface area (Å²) in [7, 11) is 1.70. The maximum atomic E-state index is 6.05. The standard InChI is InChI=1S/C22H29NO2/c1-17-11-18(2)14-23(13-17)15-20-9-10-21(24-3)22(12-20)25-16-19-7-5-4-6-8-19/h4-10,12,17-18H,11,13-16H2,1-3H3/p+1/t17-,18-/m0/s1. The van der Waals surface area contributed by atoms with Gasteiger partial charge in [-0.3, -0.25) is 0 Å². The van der Waals surface area contributed by atoms with Gasteiger partial charge in [0.25, 0.3) is 0 Å². The summed E-state index contributed by atoms with van der Waals surface area (Å²) in [5.74, 6) is 3.26. The zero-order valence-corrected chi connectivity index (χ0v) is 15.6. The van der Waals surface area contributed by atoms with E-state index in [0.29, 0.717) is 6.61 Å². The first-order valence-electron chi connectivity index (χ1n) is 9.31. The van der Waals surface area contributed by atoms with Crippen LogP contribution in [0.15, 0.2) is 48.5 Å². The van der Waals surface area contributed by atoms with Crippen LogP contribution in [0, 0.1) is 11.8 Å². The Labute approximate surface area is 151 Å². The van der Waals surface area contributed by atoms with Gasteiger partial charge in [-0.1, -0.05) is 44.2 Å². The van der Waals surface area contributed by atoms with E-state index >= 15 is 0 Å². The van der Waals surface area contributed by atoms with Crippen molar-refractivity contribution in [3.05, 3.63) is 59.7 Å². The second kappa shape index (κ2) is 8.39. The van der Waals surface area contributed by atoms with Crippen molar-refractivity contribution in [2.45, 2.75) is 33.4 Å². The number of ether oxygens (including phenoxy) is 2. The Bertz CT molecular complexity index is 661. The maximum absolute atomic E-state index is 6.05. The van der Waals surface area contributed by atoms with Crippen molar-refractivity contribution in [1.82, 2.24) is 0 Å². The van der Waals surface area contributed by atoms with E-state index in [2.05, 4.69) is 38.1 Å². The molecule has 1 aliphatic rings. The third-order valence-electron chi connectivity index (χ3n) is 5.00. The molecule has 134 valence electrons. The first kappa shape index (κ1) is 17.8. The molecule has 3 nitrogen and oxygen atoms in total. The highest BCUT2D eigenvalue weighted by Crippen LogP contribution is 2.28. The van der Waals surface area contributed by atoms with Crippen molar-refractivity contribution in [3.8, 4) is 11.5 Å². The van der Waals surface area contributed by atoms with Crippen LogP contribution >= 0.6 is 0 Å². The highest BCUT2D eigenvalue weighted by molar-refractivity contribution is 5.43. The number of piperidine rings is 1. The van der Waals surface area contributed by atoms with E-state index < -0.39 is 0 Å². The fourth-order valence-corrected chi connectivity index (χ4v) is 4.03. The molecule has 2 atom stereocenters. The molecule has 0 amide bonds. The van der Waals surface area contributed by atoms with Crippen LogP contribution in [0.25, 0.3) is 0 Å². The smallest absolute Gasteiger partial charge is 0.162 e. The van der Waals surface area contributed by atoms with E-state index in [1.54, 1.807) is 12.0 Å². The molecule has 1 aliphatic heterocycles. The Balaban J connectivity index is 1.68. The summed E-state index contributed by atoms with van der Waals surface area (Å²) in [5, 5.41) is 0. The molecule has 0 aliphatic carbocycles. The molecule has 2 aromatic carbocycles. The lowest BCUT2D eigenvalue weighted by Crippen LogP contribution is -3.13. The second-order valence-electron chi connectivity index (χ2n) is 7.54. The third-order valence-corrected chi connectivity index (χ3v) is 5.00. The lowest BCUT2D eigenvalue weighted by Gasteiger charge is -2.32. The largest absolute Gasteiger partial charge is 0.493 e. The van der Waals surface area contributed by atoms with Crippen molar-refractivity contribution in [2.24, 2.45) is 11.8 Å². The van der Waals surface area contributed by atoms with Crippen LogP contribution in [0.5, 0.6) is 11.5 Å². The molecule has 0 aromatic heterocycles. The summed E-state index contributed by atoms with van der Waals surface area (Å²) < 4.78 is 11.5. The van der Waals surface area contributed by atoms with Crippen LogP contribution < -0.4 is 14.4 Å². The lowest BCUT2D eigenvalue weighted by molar-refractivity contribution is -0.925. The van der Waals surface area contributed by atoms with Crippen LogP contribution in [0.3, 0.4) is 0 Å². The topological polar surface area (TPSA) is 22.9 Å². The van der Waals surface area contributed by atoms with Crippen molar-refractivity contribution in [3.63, 3.8) is 0 Å².